The van der Waals surface area contributed by atoms with Crippen LogP contribution in [-0.2, 0) is 6.18 Å². The Labute approximate surface area is 140 Å². The van der Waals surface area contributed by atoms with Gasteiger partial charge in [0.25, 0.3) is 5.91 Å². The highest BCUT2D eigenvalue weighted by Gasteiger charge is 2.35. The summed E-state index contributed by atoms with van der Waals surface area (Å²) in [5, 5.41) is -0.556. The number of halogens is 4. The van der Waals surface area contributed by atoms with Crippen LogP contribution < -0.4 is 0 Å². The van der Waals surface area contributed by atoms with E-state index in [9.17, 15) is 22.4 Å². The average molecular weight is 355 g/mol. The summed E-state index contributed by atoms with van der Waals surface area (Å²) in [6, 6.07) is 10.5. The molecule has 1 heterocycles. The smallest absolute Gasteiger partial charge is 0.322 e. The summed E-state index contributed by atoms with van der Waals surface area (Å²) in [5.41, 5.74) is -0.445. The minimum atomic E-state index is -4.44. The van der Waals surface area contributed by atoms with Gasteiger partial charge in [0, 0.05) is 12.3 Å². The van der Waals surface area contributed by atoms with Gasteiger partial charge in [0.2, 0.25) is 0 Å². The molecule has 7 heteroatoms. The van der Waals surface area contributed by atoms with Gasteiger partial charge in [-0.25, -0.2) is 4.39 Å². The Balaban J connectivity index is 1.92. The molecule has 1 atom stereocenters. The SMILES string of the molecule is O=C(c1ccccc1F)N1CCS[C@@H]1c1cccc(C(F)(F)F)c1. The maximum atomic E-state index is 13.8. The lowest BCUT2D eigenvalue weighted by molar-refractivity contribution is -0.137. The summed E-state index contributed by atoms with van der Waals surface area (Å²) in [6.45, 7) is 0.360. The second-order valence-electron chi connectivity index (χ2n) is 5.32. The lowest BCUT2D eigenvalue weighted by Crippen LogP contribution is -2.31. The van der Waals surface area contributed by atoms with Crippen molar-refractivity contribution in [2.75, 3.05) is 12.3 Å². The molecule has 2 aromatic rings. The van der Waals surface area contributed by atoms with E-state index >= 15 is 0 Å². The van der Waals surface area contributed by atoms with Gasteiger partial charge in [0.05, 0.1) is 11.1 Å². The summed E-state index contributed by atoms with van der Waals surface area (Å²) >= 11 is 1.37. The van der Waals surface area contributed by atoms with Crippen molar-refractivity contribution < 1.29 is 22.4 Å². The topological polar surface area (TPSA) is 20.3 Å². The van der Waals surface area contributed by atoms with Crippen molar-refractivity contribution in [3.8, 4) is 0 Å². The van der Waals surface area contributed by atoms with Gasteiger partial charge in [-0.3, -0.25) is 4.79 Å². The quantitative estimate of drug-likeness (QED) is 0.726. The van der Waals surface area contributed by atoms with Crippen molar-refractivity contribution in [3.05, 3.63) is 71.0 Å². The molecule has 2 nitrogen and oxygen atoms in total. The van der Waals surface area contributed by atoms with Crippen molar-refractivity contribution in [3.63, 3.8) is 0 Å². The second kappa shape index (κ2) is 6.47. The standard InChI is InChI=1S/C17H13F4NOS/c18-14-7-2-1-6-13(14)15(23)22-8-9-24-16(22)11-4-3-5-12(10-11)17(19,20)21/h1-7,10,16H,8-9H2/t16-/m1/s1. The Kier molecular flexibility index (Phi) is 4.54. The Morgan fingerprint density at radius 2 is 1.88 bits per heavy atom. The van der Waals surface area contributed by atoms with Crippen LogP contribution in [0.2, 0.25) is 0 Å². The molecule has 3 rings (SSSR count). The molecule has 2 aromatic carbocycles. The van der Waals surface area contributed by atoms with Gasteiger partial charge in [-0.15, -0.1) is 11.8 Å². The predicted octanol–water partition coefficient (Wildman–Crippen LogP) is 4.73. The highest BCUT2D eigenvalue weighted by Crippen LogP contribution is 2.40. The number of benzene rings is 2. The highest BCUT2D eigenvalue weighted by molar-refractivity contribution is 7.99. The fourth-order valence-electron chi connectivity index (χ4n) is 2.61. The van der Waals surface area contributed by atoms with Gasteiger partial charge in [-0.05, 0) is 29.8 Å². The first kappa shape index (κ1) is 16.8. The van der Waals surface area contributed by atoms with Gasteiger partial charge in [0.15, 0.2) is 0 Å². The molecular formula is C17H13F4NOS. The number of carbonyl (C=O) groups excluding carboxylic acids is 1. The molecule has 126 valence electrons. The van der Waals surface area contributed by atoms with E-state index < -0.39 is 28.8 Å². The molecule has 1 saturated heterocycles. The van der Waals surface area contributed by atoms with E-state index in [1.165, 1.54) is 40.9 Å². The lowest BCUT2D eigenvalue weighted by atomic mass is 10.1. The zero-order valence-electron chi connectivity index (χ0n) is 12.4. The average Bonchev–Trinajstić information content (AvgIpc) is 3.03. The largest absolute Gasteiger partial charge is 0.416 e. The molecule has 0 spiro atoms. The maximum Gasteiger partial charge on any atom is 0.416 e. The van der Waals surface area contributed by atoms with Gasteiger partial charge < -0.3 is 4.90 Å². The van der Waals surface area contributed by atoms with Crippen LogP contribution >= 0.6 is 11.8 Å². The molecule has 0 bridgehead atoms. The van der Waals surface area contributed by atoms with E-state index in [1.807, 2.05) is 0 Å². The molecule has 1 amide bonds. The van der Waals surface area contributed by atoms with Crippen molar-refractivity contribution in [1.82, 2.24) is 4.90 Å². The maximum absolute atomic E-state index is 13.8. The molecule has 1 aliphatic rings. The summed E-state index contributed by atoms with van der Waals surface area (Å²) in [4.78, 5) is 14.0. The van der Waals surface area contributed by atoms with E-state index in [-0.39, 0.29) is 5.56 Å². The van der Waals surface area contributed by atoms with E-state index in [1.54, 1.807) is 12.1 Å². The number of amides is 1. The number of nitrogens with zero attached hydrogens (tertiary/aromatic N) is 1. The third-order valence-corrected chi connectivity index (χ3v) is 5.02. The van der Waals surface area contributed by atoms with Crippen LogP contribution in [-0.4, -0.2) is 23.1 Å². The van der Waals surface area contributed by atoms with Crippen LogP contribution in [0, 0.1) is 5.82 Å². The van der Waals surface area contributed by atoms with Crippen LogP contribution in [0.1, 0.15) is 26.9 Å². The van der Waals surface area contributed by atoms with Crippen molar-refractivity contribution in [2.24, 2.45) is 0 Å². The number of carbonyl (C=O) groups is 1. The van der Waals surface area contributed by atoms with Gasteiger partial charge in [-0.1, -0.05) is 24.3 Å². The summed E-state index contributed by atoms with van der Waals surface area (Å²) in [7, 11) is 0. The zero-order valence-corrected chi connectivity index (χ0v) is 13.2. The molecule has 0 N–H and O–H groups in total. The zero-order chi connectivity index (χ0) is 17.3. The first-order chi connectivity index (χ1) is 11.4. The Bertz CT molecular complexity index is 762. The first-order valence-electron chi connectivity index (χ1n) is 7.22. The minimum Gasteiger partial charge on any atom is -0.322 e. The molecule has 1 aliphatic heterocycles. The Morgan fingerprint density at radius 3 is 2.58 bits per heavy atom. The molecule has 1 fully saturated rings. The highest BCUT2D eigenvalue weighted by atomic mass is 32.2. The number of thioether (sulfide) groups is 1. The van der Waals surface area contributed by atoms with Crippen molar-refractivity contribution in [2.45, 2.75) is 11.6 Å². The normalized spacial score (nSPS) is 18.0. The molecule has 0 saturated carbocycles. The van der Waals surface area contributed by atoms with Crippen molar-refractivity contribution in [1.29, 1.82) is 0 Å². The minimum absolute atomic E-state index is 0.0722. The van der Waals surface area contributed by atoms with Crippen LogP contribution in [0.5, 0.6) is 0 Å². The number of rotatable bonds is 2. The fraction of sp³-hybridized carbons (Fsp3) is 0.235. The summed E-state index contributed by atoms with van der Waals surface area (Å²) in [5.74, 6) is -0.566. The van der Waals surface area contributed by atoms with E-state index in [0.717, 1.165) is 12.1 Å². The van der Waals surface area contributed by atoms with Crippen LogP contribution in [0.15, 0.2) is 48.5 Å². The van der Waals surface area contributed by atoms with Crippen LogP contribution in [0.4, 0.5) is 17.6 Å². The Morgan fingerprint density at radius 1 is 1.12 bits per heavy atom. The van der Waals surface area contributed by atoms with Crippen molar-refractivity contribution >= 4 is 17.7 Å². The monoisotopic (exact) mass is 355 g/mol. The lowest BCUT2D eigenvalue weighted by Gasteiger charge is -2.25. The molecule has 0 radical (unpaired) electrons. The number of hydrogen-bond donors (Lipinski definition) is 0. The third-order valence-electron chi connectivity index (χ3n) is 3.76. The van der Waals surface area contributed by atoms with Gasteiger partial charge in [0.1, 0.15) is 11.2 Å². The summed E-state index contributed by atoms with van der Waals surface area (Å²) in [6.07, 6.45) is -4.44. The molecule has 24 heavy (non-hydrogen) atoms. The number of alkyl halides is 3. The molecule has 0 aliphatic carbocycles. The van der Waals surface area contributed by atoms with E-state index in [0.29, 0.717) is 17.9 Å². The summed E-state index contributed by atoms with van der Waals surface area (Å²) < 4.78 is 52.5. The Hall–Kier alpha value is -2.02. The van der Waals surface area contributed by atoms with Gasteiger partial charge >= 0.3 is 6.18 Å². The fourth-order valence-corrected chi connectivity index (χ4v) is 3.86. The van der Waals surface area contributed by atoms with Crippen LogP contribution in [0.25, 0.3) is 0 Å². The predicted molar refractivity (Wildman–Crippen MR) is 84.1 cm³/mol. The molecule has 0 aromatic heterocycles. The van der Waals surface area contributed by atoms with E-state index in [4.69, 9.17) is 0 Å². The first-order valence-corrected chi connectivity index (χ1v) is 8.27. The van der Waals surface area contributed by atoms with Crippen LogP contribution in [0.3, 0.4) is 0 Å². The van der Waals surface area contributed by atoms with E-state index in [2.05, 4.69) is 0 Å². The molecular weight excluding hydrogens is 342 g/mol. The van der Waals surface area contributed by atoms with Gasteiger partial charge in [-0.2, -0.15) is 13.2 Å². The second-order valence-corrected chi connectivity index (χ2v) is 6.51. The number of hydrogen-bond acceptors (Lipinski definition) is 2. The molecule has 0 unspecified atom stereocenters. The third kappa shape index (κ3) is 3.26.